The lowest BCUT2D eigenvalue weighted by Gasteiger charge is -2.18. The molecule has 0 saturated heterocycles. The Kier molecular flexibility index (Phi) is 5.96. The van der Waals surface area contributed by atoms with Crippen molar-refractivity contribution in [2.75, 3.05) is 25.2 Å². The summed E-state index contributed by atoms with van der Waals surface area (Å²) >= 11 is 3.29. The molecule has 0 N–H and O–H groups in total. The van der Waals surface area contributed by atoms with Gasteiger partial charge in [0.05, 0.1) is 16.6 Å². The minimum absolute atomic E-state index is 0.130. The standard InChI is InChI=1S/C22H24N2O3S2/c1-14-4-5-16(10-15(14)2)11-21(25)23-22-24(6-9-28-3)17-12-18-19(13-20(17)29-22)27-8-7-26-18/h4-5,10,12-13H,6-9,11H2,1-3H3. The van der Waals surface area contributed by atoms with Crippen molar-refractivity contribution in [3.8, 4) is 11.5 Å². The van der Waals surface area contributed by atoms with Crippen LogP contribution in [0.15, 0.2) is 35.3 Å². The Hall–Kier alpha value is -2.25. The maximum Gasteiger partial charge on any atom is 0.252 e. The molecule has 0 radical (unpaired) electrons. The number of thiazole rings is 1. The number of amides is 1. The molecule has 3 aromatic rings. The van der Waals surface area contributed by atoms with Gasteiger partial charge in [0.25, 0.3) is 5.91 Å². The molecule has 1 aliphatic rings. The van der Waals surface area contributed by atoms with Gasteiger partial charge in [0.2, 0.25) is 0 Å². The molecule has 0 spiro atoms. The van der Waals surface area contributed by atoms with E-state index in [2.05, 4.69) is 41.8 Å². The molecule has 0 unspecified atom stereocenters. The Labute approximate surface area is 178 Å². The molecule has 7 heteroatoms. The zero-order valence-corrected chi connectivity index (χ0v) is 18.5. The van der Waals surface area contributed by atoms with Gasteiger partial charge >= 0.3 is 0 Å². The third-order valence-corrected chi connectivity index (χ3v) is 6.64. The van der Waals surface area contributed by atoms with Crippen LogP contribution in [0.1, 0.15) is 16.7 Å². The summed E-state index contributed by atoms with van der Waals surface area (Å²) in [5.74, 6) is 2.33. The second-order valence-corrected chi connectivity index (χ2v) is 9.09. The Morgan fingerprint density at radius 2 is 1.90 bits per heavy atom. The van der Waals surface area contributed by atoms with Crippen LogP contribution in [0.5, 0.6) is 11.5 Å². The van der Waals surface area contributed by atoms with E-state index in [1.807, 2.05) is 18.2 Å². The third kappa shape index (κ3) is 4.36. The Morgan fingerprint density at radius 3 is 2.62 bits per heavy atom. The van der Waals surface area contributed by atoms with E-state index in [0.29, 0.717) is 19.6 Å². The second-order valence-electron chi connectivity index (χ2n) is 7.09. The van der Waals surface area contributed by atoms with E-state index in [-0.39, 0.29) is 5.91 Å². The second kappa shape index (κ2) is 8.63. The predicted molar refractivity (Wildman–Crippen MR) is 119 cm³/mol. The van der Waals surface area contributed by atoms with Gasteiger partial charge in [-0.1, -0.05) is 29.5 Å². The summed E-state index contributed by atoms with van der Waals surface area (Å²) in [6.45, 7) is 6.04. The topological polar surface area (TPSA) is 52.8 Å². The number of nitrogens with zero attached hydrogens (tertiary/aromatic N) is 2. The summed E-state index contributed by atoms with van der Waals surface area (Å²) in [5, 5.41) is 0. The molecule has 0 bridgehead atoms. The van der Waals surface area contributed by atoms with Crippen LogP contribution < -0.4 is 14.3 Å². The average Bonchev–Trinajstić information content (AvgIpc) is 3.03. The van der Waals surface area contributed by atoms with Gasteiger partial charge in [0.1, 0.15) is 13.2 Å². The molecule has 1 aliphatic heterocycles. The summed E-state index contributed by atoms with van der Waals surface area (Å²) in [7, 11) is 0. The molecule has 152 valence electrons. The van der Waals surface area contributed by atoms with Crippen LogP contribution in [-0.4, -0.2) is 35.7 Å². The zero-order chi connectivity index (χ0) is 20.4. The van der Waals surface area contributed by atoms with Crippen LogP contribution >= 0.6 is 23.1 Å². The monoisotopic (exact) mass is 428 g/mol. The SMILES string of the molecule is CSCCn1c(=NC(=O)Cc2ccc(C)c(C)c2)sc2cc3c(cc21)OCCO3. The highest BCUT2D eigenvalue weighted by atomic mass is 32.2. The fraction of sp³-hybridized carbons (Fsp3) is 0.364. The number of carbonyl (C=O) groups excluding carboxylic acids is 1. The number of aromatic nitrogens is 1. The van der Waals surface area contributed by atoms with Crippen LogP contribution in [-0.2, 0) is 17.8 Å². The molecule has 0 saturated carbocycles. The van der Waals surface area contributed by atoms with Crippen LogP contribution in [0.25, 0.3) is 10.2 Å². The summed E-state index contributed by atoms with van der Waals surface area (Å²) in [6.07, 6.45) is 2.39. The molecule has 5 nitrogen and oxygen atoms in total. The normalized spacial score (nSPS) is 13.8. The highest BCUT2D eigenvalue weighted by Gasteiger charge is 2.17. The van der Waals surface area contributed by atoms with Gasteiger partial charge in [-0.2, -0.15) is 16.8 Å². The quantitative estimate of drug-likeness (QED) is 0.613. The predicted octanol–water partition coefficient (Wildman–Crippen LogP) is 4.12. The Bertz CT molecular complexity index is 1130. The lowest BCUT2D eigenvalue weighted by atomic mass is 10.0. The van der Waals surface area contributed by atoms with E-state index in [4.69, 9.17) is 9.47 Å². The molecule has 0 aliphatic carbocycles. The number of rotatable bonds is 5. The number of carbonyl (C=O) groups is 1. The molecule has 4 rings (SSSR count). The lowest BCUT2D eigenvalue weighted by Crippen LogP contribution is -2.19. The molecule has 1 amide bonds. The largest absolute Gasteiger partial charge is 0.486 e. The van der Waals surface area contributed by atoms with Crippen molar-refractivity contribution >= 4 is 39.2 Å². The van der Waals surface area contributed by atoms with E-state index < -0.39 is 0 Å². The minimum Gasteiger partial charge on any atom is -0.486 e. The first kappa shape index (κ1) is 20.0. The van der Waals surface area contributed by atoms with Crippen molar-refractivity contribution in [1.82, 2.24) is 4.57 Å². The summed E-state index contributed by atoms with van der Waals surface area (Å²) in [4.78, 5) is 17.9. The highest BCUT2D eigenvalue weighted by Crippen LogP contribution is 2.35. The van der Waals surface area contributed by atoms with Gasteiger partial charge in [-0.15, -0.1) is 0 Å². The summed E-state index contributed by atoms with van der Waals surface area (Å²) in [6, 6.07) is 10.1. The summed E-state index contributed by atoms with van der Waals surface area (Å²) < 4.78 is 14.6. The van der Waals surface area contributed by atoms with Gasteiger partial charge < -0.3 is 14.0 Å². The number of ether oxygens (including phenoxy) is 2. The number of hydrogen-bond acceptors (Lipinski definition) is 5. The van der Waals surface area contributed by atoms with E-state index in [1.165, 1.54) is 22.5 Å². The maximum absolute atomic E-state index is 12.7. The number of aryl methyl sites for hydroxylation is 3. The molecule has 2 heterocycles. The molecule has 29 heavy (non-hydrogen) atoms. The zero-order valence-electron chi connectivity index (χ0n) is 16.9. The number of benzene rings is 2. The van der Waals surface area contributed by atoms with Gasteiger partial charge in [-0.3, -0.25) is 4.79 Å². The van der Waals surface area contributed by atoms with Crippen molar-refractivity contribution in [2.45, 2.75) is 26.8 Å². The smallest absolute Gasteiger partial charge is 0.252 e. The molecular formula is C22H24N2O3S2. The van der Waals surface area contributed by atoms with E-state index in [0.717, 1.165) is 44.4 Å². The molecule has 1 aromatic heterocycles. The number of thioether (sulfide) groups is 1. The average molecular weight is 429 g/mol. The van der Waals surface area contributed by atoms with Crippen molar-refractivity contribution in [1.29, 1.82) is 0 Å². The van der Waals surface area contributed by atoms with Gasteiger partial charge in [-0.25, -0.2) is 0 Å². The van der Waals surface area contributed by atoms with Gasteiger partial charge in [0, 0.05) is 24.4 Å². The molecule has 0 fully saturated rings. The number of hydrogen-bond donors (Lipinski definition) is 0. The number of fused-ring (bicyclic) bond motifs is 2. The minimum atomic E-state index is -0.130. The lowest BCUT2D eigenvalue weighted by molar-refractivity contribution is -0.117. The van der Waals surface area contributed by atoms with E-state index in [1.54, 1.807) is 11.8 Å². The highest BCUT2D eigenvalue weighted by molar-refractivity contribution is 7.98. The summed E-state index contributed by atoms with van der Waals surface area (Å²) in [5.41, 5.74) is 4.45. The van der Waals surface area contributed by atoms with Crippen molar-refractivity contribution in [2.24, 2.45) is 4.99 Å². The Morgan fingerprint density at radius 1 is 1.14 bits per heavy atom. The first-order valence-electron chi connectivity index (χ1n) is 9.61. The van der Waals surface area contributed by atoms with Gasteiger partial charge in [0.15, 0.2) is 16.3 Å². The van der Waals surface area contributed by atoms with Gasteiger partial charge in [-0.05, 0) is 36.8 Å². The maximum atomic E-state index is 12.7. The molecular weight excluding hydrogens is 404 g/mol. The third-order valence-electron chi connectivity index (χ3n) is 5.01. The fourth-order valence-corrected chi connectivity index (χ4v) is 4.77. The molecule has 2 aromatic carbocycles. The van der Waals surface area contributed by atoms with Crippen molar-refractivity contribution < 1.29 is 14.3 Å². The van der Waals surface area contributed by atoms with E-state index in [9.17, 15) is 4.79 Å². The van der Waals surface area contributed by atoms with Crippen LogP contribution in [0.4, 0.5) is 0 Å². The van der Waals surface area contributed by atoms with Crippen LogP contribution in [0.3, 0.4) is 0 Å². The van der Waals surface area contributed by atoms with E-state index >= 15 is 0 Å². The Balaban J connectivity index is 1.72. The van der Waals surface area contributed by atoms with Crippen molar-refractivity contribution in [3.05, 3.63) is 51.8 Å². The fourth-order valence-electron chi connectivity index (χ4n) is 3.32. The first-order valence-corrected chi connectivity index (χ1v) is 11.8. The first-order chi connectivity index (χ1) is 14.0. The van der Waals surface area contributed by atoms with Crippen LogP contribution in [0.2, 0.25) is 0 Å². The van der Waals surface area contributed by atoms with Crippen LogP contribution in [0, 0.1) is 13.8 Å². The van der Waals surface area contributed by atoms with Crippen molar-refractivity contribution in [3.63, 3.8) is 0 Å². The molecule has 0 atom stereocenters.